The third-order valence-corrected chi connectivity index (χ3v) is 5.97. The summed E-state index contributed by atoms with van der Waals surface area (Å²) in [5.74, 6) is 0.745. The topological polar surface area (TPSA) is 42.0 Å². The molecule has 1 amide bonds. The van der Waals surface area contributed by atoms with Crippen LogP contribution in [-0.2, 0) is 5.75 Å². The Hall–Kier alpha value is -1.59. The van der Waals surface area contributed by atoms with Gasteiger partial charge in [0.25, 0.3) is 5.91 Å². The molecule has 0 atom stereocenters. The van der Waals surface area contributed by atoms with Gasteiger partial charge >= 0.3 is 0 Å². The fraction of sp³-hybridized carbons (Fsp3) is 0.333. The molecule has 0 radical (unpaired) electrons. The molecule has 0 fully saturated rings. The van der Waals surface area contributed by atoms with E-state index in [1.54, 1.807) is 18.0 Å². The van der Waals surface area contributed by atoms with Crippen molar-refractivity contribution in [1.29, 1.82) is 0 Å². The standard InChI is InChI=1S/C21H23BrN2OS/c22-18-9-4-8-17(14-18)15-26-21-19(10-5-12-24-21)20(25)23-13-11-16-6-2-1-3-7-16/h4-6,8-10,12,14H,1-3,7,11,13,15H2,(H,23,25). The fourth-order valence-electron chi connectivity index (χ4n) is 3.02. The number of amides is 1. The molecule has 136 valence electrons. The zero-order valence-corrected chi connectivity index (χ0v) is 17.1. The van der Waals surface area contributed by atoms with Gasteiger partial charge in [0.1, 0.15) is 5.03 Å². The molecule has 1 aliphatic rings. The van der Waals surface area contributed by atoms with Gasteiger partial charge in [0.05, 0.1) is 5.56 Å². The van der Waals surface area contributed by atoms with Crippen molar-refractivity contribution >= 4 is 33.6 Å². The Balaban J connectivity index is 1.57. The molecule has 0 bridgehead atoms. The maximum Gasteiger partial charge on any atom is 0.254 e. The van der Waals surface area contributed by atoms with E-state index in [9.17, 15) is 4.79 Å². The molecule has 5 heteroatoms. The van der Waals surface area contributed by atoms with E-state index < -0.39 is 0 Å². The lowest BCUT2D eigenvalue weighted by Gasteiger charge is -2.13. The Morgan fingerprint density at radius 2 is 2.15 bits per heavy atom. The lowest BCUT2D eigenvalue weighted by atomic mass is 9.97. The van der Waals surface area contributed by atoms with Crippen LogP contribution in [0.3, 0.4) is 0 Å². The lowest BCUT2D eigenvalue weighted by Crippen LogP contribution is -2.25. The highest BCUT2D eigenvalue weighted by molar-refractivity contribution is 9.10. The van der Waals surface area contributed by atoms with Gasteiger partial charge in [-0.3, -0.25) is 4.79 Å². The highest BCUT2D eigenvalue weighted by Crippen LogP contribution is 2.25. The van der Waals surface area contributed by atoms with Gasteiger partial charge in [-0.05, 0) is 61.9 Å². The van der Waals surface area contributed by atoms with E-state index in [2.05, 4.69) is 44.4 Å². The second kappa shape index (κ2) is 9.93. The molecule has 0 unspecified atom stereocenters. The average Bonchev–Trinajstić information content (AvgIpc) is 2.67. The number of hydrogen-bond donors (Lipinski definition) is 1. The second-order valence-electron chi connectivity index (χ2n) is 6.39. The van der Waals surface area contributed by atoms with E-state index in [0.29, 0.717) is 12.1 Å². The molecule has 1 N–H and O–H groups in total. The molecule has 0 spiro atoms. The number of aromatic nitrogens is 1. The highest BCUT2D eigenvalue weighted by Gasteiger charge is 2.13. The number of rotatable bonds is 7. The van der Waals surface area contributed by atoms with Gasteiger partial charge in [0, 0.05) is 23.0 Å². The number of carbonyl (C=O) groups excluding carboxylic acids is 1. The number of hydrogen-bond acceptors (Lipinski definition) is 3. The van der Waals surface area contributed by atoms with Gasteiger partial charge in [-0.1, -0.05) is 39.7 Å². The third kappa shape index (κ3) is 5.71. The highest BCUT2D eigenvalue weighted by atomic mass is 79.9. The zero-order valence-electron chi connectivity index (χ0n) is 14.7. The van der Waals surface area contributed by atoms with E-state index >= 15 is 0 Å². The third-order valence-electron chi connectivity index (χ3n) is 4.40. The van der Waals surface area contributed by atoms with Crippen LogP contribution in [0.1, 0.15) is 48.0 Å². The van der Waals surface area contributed by atoms with E-state index in [-0.39, 0.29) is 5.91 Å². The van der Waals surface area contributed by atoms with Crippen LogP contribution < -0.4 is 5.32 Å². The van der Waals surface area contributed by atoms with Gasteiger partial charge in [-0.15, -0.1) is 11.8 Å². The van der Waals surface area contributed by atoms with Crippen molar-refractivity contribution in [2.24, 2.45) is 0 Å². The first kappa shape index (κ1) is 19.2. The van der Waals surface area contributed by atoms with Crippen LogP contribution in [0.4, 0.5) is 0 Å². The molecule has 1 heterocycles. The zero-order chi connectivity index (χ0) is 18.2. The minimum atomic E-state index is -0.0359. The lowest BCUT2D eigenvalue weighted by molar-refractivity contribution is 0.0950. The molecule has 3 rings (SSSR count). The molecule has 0 saturated heterocycles. The molecule has 3 nitrogen and oxygen atoms in total. The number of allylic oxidation sites excluding steroid dienone is 1. The van der Waals surface area contributed by atoms with Crippen LogP contribution in [-0.4, -0.2) is 17.4 Å². The first-order valence-electron chi connectivity index (χ1n) is 9.01. The van der Waals surface area contributed by atoms with Gasteiger partial charge in [0.2, 0.25) is 0 Å². The summed E-state index contributed by atoms with van der Waals surface area (Å²) in [5.41, 5.74) is 3.34. The minimum Gasteiger partial charge on any atom is -0.352 e. The quantitative estimate of drug-likeness (QED) is 0.448. The molecule has 1 aromatic heterocycles. The van der Waals surface area contributed by atoms with Gasteiger partial charge < -0.3 is 5.32 Å². The number of thioether (sulfide) groups is 1. The molecule has 0 saturated carbocycles. The van der Waals surface area contributed by atoms with Gasteiger partial charge in [0.15, 0.2) is 0 Å². The molecule has 0 aliphatic heterocycles. The molecule has 1 aliphatic carbocycles. The van der Waals surface area contributed by atoms with E-state index in [4.69, 9.17) is 0 Å². The molecular weight excluding hydrogens is 408 g/mol. The molecule has 1 aromatic carbocycles. The summed E-state index contributed by atoms with van der Waals surface area (Å²) in [5, 5.41) is 3.83. The summed E-state index contributed by atoms with van der Waals surface area (Å²) < 4.78 is 1.06. The molecular formula is C21H23BrN2OS. The summed E-state index contributed by atoms with van der Waals surface area (Å²) in [6.45, 7) is 0.690. The summed E-state index contributed by atoms with van der Waals surface area (Å²) in [7, 11) is 0. The number of pyridine rings is 1. The Kier molecular flexibility index (Phi) is 7.32. The predicted octanol–water partition coefficient (Wildman–Crippen LogP) is 5.76. The number of benzene rings is 1. The van der Waals surface area contributed by atoms with Crippen molar-refractivity contribution in [3.05, 3.63) is 69.8 Å². The number of nitrogens with zero attached hydrogens (tertiary/aromatic N) is 1. The maximum absolute atomic E-state index is 12.6. The van der Waals surface area contributed by atoms with Crippen molar-refractivity contribution in [3.8, 4) is 0 Å². The minimum absolute atomic E-state index is 0.0359. The Morgan fingerprint density at radius 3 is 2.96 bits per heavy atom. The van der Waals surface area contributed by atoms with Crippen LogP contribution >= 0.6 is 27.7 Å². The van der Waals surface area contributed by atoms with E-state index in [1.165, 1.54) is 36.8 Å². The van der Waals surface area contributed by atoms with Crippen molar-refractivity contribution in [3.63, 3.8) is 0 Å². The SMILES string of the molecule is O=C(NCCC1=CCCCC1)c1cccnc1SCc1cccc(Br)c1. The van der Waals surface area contributed by atoms with Crippen molar-refractivity contribution in [2.45, 2.75) is 42.9 Å². The van der Waals surface area contributed by atoms with Gasteiger partial charge in [-0.25, -0.2) is 4.98 Å². The molecule has 2 aromatic rings. The predicted molar refractivity (Wildman–Crippen MR) is 111 cm³/mol. The fourth-order valence-corrected chi connectivity index (χ4v) is 4.40. The van der Waals surface area contributed by atoms with Crippen LogP contribution in [0.15, 0.2) is 63.7 Å². The van der Waals surface area contributed by atoms with Crippen molar-refractivity contribution in [2.75, 3.05) is 6.54 Å². The van der Waals surface area contributed by atoms with Crippen LogP contribution in [0.5, 0.6) is 0 Å². The Bertz CT molecular complexity index is 791. The van der Waals surface area contributed by atoms with Crippen LogP contribution in [0.2, 0.25) is 0 Å². The van der Waals surface area contributed by atoms with Crippen LogP contribution in [0, 0.1) is 0 Å². The van der Waals surface area contributed by atoms with Crippen molar-refractivity contribution < 1.29 is 4.79 Å². The summed E-state index contributed by atoms with van der Waals surface area (Å²) >= 11 is 5.09. The summed E-state index contributed by atoms with van der Waals surface area (Å²) in [6.07, 6.45) is 9.96. The van der Waals surface area contributed by atoms with Gasteiger partial charge in [-0.2, -0.15) is 0 Å². The number of carbonyl (C=O) groups is 1. The largest absolute Gasteiger partial charge is 0.352 e. The van der Waals surface area contributed by atoms with E-state index in [0.717, 1.165) is 21.7 Å². The number of nitrogens with one attached hydrogen (secondary N) is 1. The van der Waals surface area contributed by atoms with Crippen LogP contribution in [0.25, 0.3) is 0 Å². The smallest absolute Gasteiger partial charge is 0.254 e. The first-order chi connectivity index (χ1) is 12.7. The normalized spacial score (nSPS) is 14.0. The van der Waals surface area contributed by atoms with E-state index in [1.807, 2.05) is 24.3 Å². The summed E-state index contributed by atoms with van der Waals surface area (Å²) in [6, 6.07) is 11.9. The Morgan fingerprint density at radius 1 is 1.23 bits per heavy atom. The number of halogens is 1. The average molecular weight is 431 g/mol. The molecule has 26 heavy (non-hydrogen) atoms. The summed E-state index contributed by atoms with van der Waals surface area (Å²) in [4.78, 5) is 17.0. The first-order valence-corrected chi connectivity index (χ1v) is 10.8. The maximum atomic E-state index is 12.6. The van der Waals surface area contributed by atoms with Crippen molar-refractivity contribution in [1.82, 2.24) is 10.3 Å². The second-order valence-corrected chi connectivity index (χ2v) is 8.27. The Labute approximate surface area is 167 Å². The monoisotopic (exact) mass is 430 g/mol.